The van der Waals surface area contributed by atoms with Crippen molar-refractivity contribution in [2.24, 2.45) is 17.8 Å². The quantitative estimate of drug-likeness (QED) is 0.240. The van der Waals surface area contributed by atoms with Crippen LogP contribution in [0, 0.1) is 17.8 Å². The van der Waals surface area contributed by atoms with Gasteiger partial charge in [0.15, 0.2) is 0 Å². The molecule has 42 heavy (non-hydrogen) atoms. The summed E-state index contributed by atoms with van der Waals surface area (Å²) in [6.07, 6.45) is 3.37. The van der Waals surface area contributed by atoms with Crippen molar-refractivity contribution < 1.29 is 22.7 Å². The van der Waals surface area contributed by atoms with Crippen molar-refractivity contribution in [3.05, 3.63) is 101 Å². The molecular weight excluding hydrogens is 535 g/mol. The maximum atomic E-state index is 13.8. The smallest absolute Gasteiger partial charge is 0.416 e. The van der Waals surface area contributed by atoms with E-state index in [1.54, 1.807) is 0 Å². The van der Waals surface area contributed by atoms with Crippen LogP contribution in [-0.4, -0.2) is 23.9 Å². The van der Waals surface area contributed by atoms with Gasteiger partial charge in [-0.05, 0) is 85.4 Å². The number of alkyl halides is 3. The van der Waals surface area contributed by atoms with Crippen LogP contribution in [0.1, 0.15) is 86.6 Å². The van der Waals surface area contributed by atoms with Gasteiger partial charge in [0.2, 0.25) is 5.91 Å². The van der Waals surface area contributed by atoms with Crippen LogP contribution in [0.2, 0.25) is 0 Å². The Kier molecular flexibility index (Phi) is 9.60. The zero-order chi connectivity index (χ0) is 29.7. The number of piperidine rings is 1. The van der Waals surface area contributed by atoms with Crippen molar-refractivity contribution in [3.63, 3.8) is 0 Å². The lowest BCUT2D eigenvalue weighted by atomic mass is 9.78. The highest BCUT2D eigenvalue weighted by molar-refractivity contribution is 5.83. The predicted octanol–water partition coefficient (Wildman–Crippen LogP) is 9.24. The molecule has 1 aliphatic heterocycles. The van der Waals surface area contributed by atoms with Gasteiger partial charge in [-0.2, -0.15) is 13.2 Å². The van der Waals surface area contributed by atoms with E-state index in [1.165, 1.54) is 43.4 Å². The molecule has 6 heteroatoms. The first-order valence-corrected chi connectivity index (χ1v) is 15.4. The van der Waals surface area contributed by atoms with Crippen molar-refractivity contribution in [1.29, 1.82) is 0 Å². The second-order valence-electron chi connectivity index (χ2n) is 12.5. The molecule has 5 rings (SSSR count). The van der Waals surface area contributed by atoms with Gasteiger partial charge in [0.05, 0.1) is 11.5 Å². The van der Waals surface area contributed by atoms with Gasteiger partial charge in [0.1, 0.15) is 11.9 Å². The van der Waals surface area contributed by atoms with Gasteiger partial charge < -0.3 is 9.64 Å². The minimum atomic E-state index is -4.40. The third-order valence-corrected chi connectivity index (χ3v) is 9.14. The maximum Gasteiger partial charge on any atom is 0.416 e. The molecule has 1 amide bonds. The van der Waals surface area contributed by atoms with Crippen molar-refractivity contribution >= 4 is 5.91 Å². The van der Waals surface area contributed by atoms with Crippen LogP contribution in [0.4, 0.5) is 13.2 Å². The topological polar surface area (TPSA) is 29.5 Å². The Morgan fingerprint density at radius 3 is 2.29 bits per heavy atom. The third kappa shape index (κ3) is 7.56. The molecule has 2 aliphatic rings. The molecule has 2 fully saturated rings. The average Bonchev–Trinajstić information content (AvgIpc) is 2.97. The summed E-state index contributed by atoms with van der Waals surface area (Å²) in [5, 5.41) is 0. The lowest BCUT2D eigenvalue weighted by Crippen LogP contribution is -2.44. The van der Waals surface area contributed by atoms with Crippen LogP contribution < -0.4 is 4.74 Å². The number of hydrogen-bond donors (Lipinski definition) is 0. The monoisotopic (exact) mass is 577 g/mol. The molecule has 1 saturated heterocycles. The van der Waals surface area contributed by atoms with Gasteiger partial charge in [0.25, 0.3) is 0 Å². The fourth-order valence-electron chi connectivity index (χ4n) is 6.59. The Morgan fingerprint density at radius 1 is 0.905 bits per heavy atom. The van der Waals surface area contributed by atoms with Crippen molar-refractivity contribution in [2.75, 3.05) is 13.1 Å². The standard InChI is InChI=1S/C36H42F3NO2/c1-25(21-27-9-6-10-27)22-28-11-7-14-30(23-28)26(2)35(41)40-20-8-15-31(24-40)34(29-12-4-3-5-13-29)42-33-18-16-32(17-19-33)36(37,38)39/h3-5,7,11-14,16-19,23,25-27,31,34H,6,8-10,15,20-22,24H2,1-2H3/t25?,26?,31-,34-/m1/s1. The van der Waals surface area contributed by atoms with E-state index in [4.69, 9.17) is 4.74 Å². The molecule has 0 spiro atoms. The van der Waals surface area contributed by atoms with Gasteiger partial charge in [0, 0.05) is 19.0 Å². The molecule has 3 aromatic carbocycles. The predicted molar refractivity (Wildman–Crippen MR) is 160 cm³/mol. The average molecular weight is 578 g/mol. The van der Waals surface area contributed by atoms with Crippen molar-refractivity contribution in [2.45, 2.75) is 77.0 Å². The number of amides is 1. The molecule has 0 bridgehead atoms. The first-order chi connectivity index (χ1) is 20.2. The van der Waals surface area contributed by atoms with Crippen LogP contribution in [0.15, 0.2) is 78.9 Å². The number of halogens is 3. The highest BCUT2D eigenvalue weighted by Gasteiger charge is 2.34. The summed E-state index contributed by atoms with van der Waals surface area (Å²) in [6, 6.07) is 23.2. The molecule has 4 atom stereocenters. The summed E-state index contributed by atoms with van der Waals surface area (Å²) in [7, 11) is 0. The fraction of sp³-hybridized carbons (Fsp3) is 0.472. The highest BCUT2D eigenvalue weighted by atomic mass is 19.4. The summed E-state index contributed by atoms with van der Waals surface area (Å²) in [6.45, 7) is 5.57. The zero-order valence-electron chi connectivity index (χ0n) is 24.7. The number of carbonyl (C=O) groups excluding carboxylic acids is 1. The molecule has 1 saturated carbocycles. The van der Waals surface area contributed by atoms with E-state index in [1.807, 2.05) is 42.2 Å². The SMILES string of the molecule is CC(Cc1cccc(C(C)C(=O)N2CCC[C@@H]([C@H](Oc3ccc(C(F)(F)F)cc3)c3ccccc3)C2)c1)CC1CCC1. The van der Waals surface area contributed by atoms with E-state index in [2.05, 4.69) is 31.2 Å². The van der Waals surface area contributed by atoms with Gasteiger partial charge in [-0.3, -0.25) is 4.79 Å². The summed E-state index contributed by atoms with van der Waals surface area (Å²) >= 11 is 0. The van der Waals surface area contributed by atoms with Crippen LogP contribution in [0.25, 0.3) is 0 Å². The summed E-state index contributed by atoms with van der Waals surface area (Å²) in [5.41, 5.74) is 2.60. The molecule has 0 aromatic heterocycles. The number of ether oxygens (including phenoxy) is 1. The number of benzene rings is 3. The molecule has 224 valence electrons. The Bertz CT molecular complexity index is 1300. The first kappa shape index (κ1) is 30.2. The summed E-state index contributed by atoms with van der Waals surface area (Å²) in [5.74, 6) is 1.78. The van der Waals surface area contributed by atoms with Gasteiger partial charge in [-0.15, -0.1) is 0 Å². The number of carbonyl (C=O) groups is 1. The summed E-state index contributed by atoms with van der Waals surface area (Å²) in [4.78, 5) is 15.8. The zero-order valence-corrected chi connectivity index (χ0v) is 24.7. The molecule has 0 N–H and O–H groups in total. The van der Waals surface area contributed by atoms with E-state index in [0.717, 1.165) is 48.4 Å². The first-order valence-electron chi connectivity index (χ1n) is 15.4. The molecule has 2 unspecified atom stereocenters. The van der Waals surface area contributed by atoms with Crippen LogP contribution in [0.5, 0.6) is 5.75 Å². The second kappa shape index (κ2) is 13.4. The van der Waals surface area contributed by atoms with Crippen molar-refractivity contribution in [3.8, 4) is 5.75 Å². The fourth-order valence-corrected chi connectivity index (χ4v) is 6.59. The molecule has 3 aromatic rings. The van der Waals surface area contributed by atoms with Crippen LogP contribution in [0.3, 0.4) is 0 Å². The van der Waals surface area contributed by atoms with Crippen LogP contribution in [-0.2, 0) is 17.4 Å². The molecule has 0 radical (unpaired) electrons. The normalized spacial score (nSPS) is 19.9. The lowest BCUT2D eigenvalue weighted by molar-refractivity contribution is -0.137. The van der Waals surface area contributed by atoms with E-state index in [0.29, 0.717) is 24.8 Å². The van der Waals surface area contributed by atoms with Gasteiger partial charge in [-0.1, -0.05) is 80.8 Å². The number of hydrogen-bond acceptors (Lipinski definition) is 2. The van der Waals surface area contributed by atoms with E-state index in [-0.39, 0.29) is 23.8 Å². The Balaban J connectivity index is 1.27. The van der Waals surface area contributed by atoms with E-state index >= 15 is 0 Å². The van der Waals surface area contributed by atoms with E-state index < -0.39 is 11.7 Å². The second-order valence-corrected chi connectivity index (χ2v) is 12.5. The number of likely N-dealkylation sites (tertiary alicyclic amines) is 1. The third-order valence-electron chi connectivity index (χ3n) is 9.14. The molecule has 3 nitrogen and oxygen atoms in total. The molecule has 1 aliphatic carbocycles. The Labute approximate surface area is 248 Å². The van der Waals surface area contributed by atoms with Gasteiger partial charge in [-0.25, -0.2) is 0 Å². The van der Waals surface area contributed by atoms with Gasteiger partial charge >= 0.3 is 6.18 Å². The van der Waals surface area contributed by atoms with E-state index in [9.17, 15) is 18.0 Å². The summed E-state index contributed by atoms with van der Waals surface area (Å²) < 4.78 is 45.7. The maximum absolute atomic E-state index is 13.8. The Morgan fingerprint density at radius 2 is 1.62 bits per heavy atom. The minimum absolute atomic E-state index is 0.0123. The molecular formula is C36H42F3NO2. The number of rotatable bonds is 10. The van der Waals surface area contributed by atoms with Crippen molar-refractivity contribution in [1.82, 2.24) is 4.90 Å². The highest BCUT2D eigenvalue weighted by Crippen LogP contribution is 2.37. The molecule has 1 heterocycles. The largest absolute Gasteiger partial charge is 0.485 e. The minimum Gasteiger partial charge on any atom is -0.485 e. The number of nitrogens with zero attached hydrogens (tertiary/aromatic N) is 1. The van der Waals surface area contributed by atoms with Crippen LogP contribution >= 0.6 is 0 Å². The Hall–Kier alpha value is -3.28. The lowest BCUT2D eigenvalue weighted by Gasteiger charge is -2.38.